The zero-order chi connectivity index (χ0) is 10.2. The molecule has 2 nitrogen and oxygen atoms in total. The molecule has 0 unspecified atom stereocenters. The predicted molar refractivity (Wildman–Crippen MR) is 37.5 cm³/mol. The van der Waals surface area contributed by atoms with Crippen LogP contribution in [0, 0.1) is 5.82 Å². The first-order chi connectivity index (χ1) is 5.82. The maximum atomic E-state index is 12.6. The van der Waals surface area contributed by atoms with E-state index in [1.54, 1.807) is 0 Å². The minimum Gasteiger partial charge on any atom is -0.506 e. The van der Waals surface area contributed by atoms with Crippen LogP contribution in [0.5, 0.6) is 5.75 Å². The number of benzene rings is 1. The summed E-state index contributed by atoms with van der Waals surface area (Å²) in [6.45, 7) is 0. The first-order valence-electron chi connectivity index (χ1n) is 3.17. The van der Waals surface area contributed by atoms with Gasteiger partial charge in [-0.1, -0.05) is 0 Å². The SMILES string of the molecule is Nc1cc(F)c(C(F)(F)F)cc1O. The highest BCUT2D eigenvalue weighted by atomic mass is 19.4. The van der Waals surface area contributed by atoms with E-state index in [0.29, 0.717) is 6.07 Å². The molecule has 0 saturated heterocycles. The van der Waals surface area contributed by atoms with E-state index in [1.807, 2.05) is 0 Å². The Hall–Kier alpha value is -1.46. The smallest absolute Gasteiger partial charge is 0.419 e. The number of phenolic OH excluding ortho intramolecular Hbond substituents is 1. The fourth-order valence-corrected chi connectivity index (χ4v) is 0.794. The van der Waals surface area contributed by atoms with Crippen LogP contribution in [0.4, 0.5) is 23.2 Å². The molecular weight excluding hydrogens is 190 g/mol. The van der Waals surface area contributed by atoms with Gasteiger partial charge in [-0.25, -0.2) is 4.39 Å². The predicted octanol–water partition coefficient (Wildman–Crippen LogP) is 2.13. The van der Waals surface area contributed by atoms with Crippen molar-refractivity contribution in [3.8, 4) is 5.75 Å². The zero-order valence-electron chi connectivity index (χ0n) is 6.19. The van der Waals surface area contributed by atoms with E-state index in [4.69, 9.17) is 10.8 Å². The van der Waals surface area contributed by atoms with Crippen LogP contribution >= 0.6 is 0 Å². The van der Waals surface area contributed by atoms with Crippen LogP contribution in [-0.4, -0.2) is 5.11 Å². The maximum Gasteiger partial charge on any atom is 0.419 e. The van der Waals surface area contributed by atoms with Crippen molar-refractivity contribution in [1.82, 2.24) is 0 Å². The average Bonchev–Trinajstić information content (AvgIpc) is 1.94. The van der Waals surface area contributed by atoms with Crippen LogP contribution in [0.3, 0.4) is 0 Å². The summed E-state index contributed by atoms with van der Waals surface area (Å²) in [5.41, 5.74) is 3.02. The third-order valence-corrected chi connectivity index (χ3v) is 1.42. The molecule has 0 aliphatic rings. The molecular formula is C7H5F4NO. The molecule has 0 radical (unpaired) electrons. The Bertz CT molecular complexity index is 334. The average molecular weight is 195 g/mol. The summed E-state index contributed by atoms with van der Waals surface area (Å²) in [6.07, 6.45) is -4.82. The third-order valence-electron chi connectivity index (χ3n) is 1.42. The van der Waals surface area contributed by atoms with Gasteiger partial charge in [0, 0.05) is 6.07 Å². The van der Waals surface area contributed by atoms with Crippen molar-refractivity contribution in [2.24, 2.45) is 0 Å². The molecule has 0 fully saturated rings. The van der Waals surface area contributed by atoms with Gasteiger partial charge in [-0.05, 0) is 6.07 Å². The Morgan fingerprint density at radius 2 is 1.77 bits per heavy atom. The summed E-state index contributed by atoms with van der Waals surface area (Å²) in [5, 5.41) is 8.80. The molecule has 0 atom stereocenters. The van der Waals surface area contributed by atoms with Crippen molar-refractivity contribution in [1.29, 1.82) is 0 Å². The van der Waals surface area contributed by atoms with Gasteiger partial charge in [0.2, 0.25) is 0 Å². The van der Waals surface area contributed by atoms with E-state index in [-0.39, 0.29) is 6.07 Å². The van der Waals surface area contributed by atoms with Crippen molar-refractivity contribution >= 4 is 5.69 Å². The second-order valence-electron chi connectivity index (χ2n) is 2.39. The van der Waals surface area contributed by atoms with Crippen LogP contribution in [-0.2, 0) is 6.18 Å². The minimum absolute atomic E-state index is 0.255. The highest BCUT2D eigenvalue weighted by molar-refractivity contribution is 5.53. The molecule has 0 spiro atoms. The zero-order valence-corrected chi connectivity index (χ0v) is 6.19. The minimum atomic E-state index is -4.82. The number of nitrogen functional groups attached to an aromatic ring is 1. The first-order valence-corrected chi connectivity index (χ1v) is 3.17. The number of nitrogens with two attached hydrogens (primary N) is 1. The lowest BCUT2D eigenvalue weighted by Crippen LogP contribution is -2.08. The van der Waals surface area contributed by atoms with Gasteiger partial charge in [0.1, 0.15) is 11.6 Å². The number of anilines is 1. The summed E-state index contributed by atoms with van der Waals surface area (Å²) in [7, 11) is 0. The number of halogens is 4. The molecule has 1 rings (SSSR count). The summed E-state index contributed by atoms with van der Waals surface area (Å²) in [5.74, 6) is -2.28. The van der Waals surface area contributed by atoms with Crippen LogP contribution in [0.2, 0.25) is 0 Å². The largest absolute Gasteiger partial charge is 0.506 e. The molecule has 0 amide bonds. The van der Waals surface area contributed by atoms with E-state index >= 15 is 0 Å². The Kier molecular flexibility index (Phi) is 2.07. The Morgan fingerprint density at radius 3 is 2.23 bits per heavy atom. The topological polar surface area (TPSA) is 46.2 Å². The molecule has 0 aliphatic heterocycles. The van der Waals surface area contributed by atoms with Gasteiger partial charge >= 0.3 is 6.18 Å². The Balaban J connectivity index is 3.32. The van der Waals surface area contributed by atoms with Gasteiger partial charge < -0.3 is 10.8 Å². The lowest BCUT2D eigenvalue weighted by molar-refractivity contribution is -0.140. The van der Waals surface area contributed by atoms with E-state index < -0.39 is 29.0 Å². The van der Waals surface area contributed by atoms with Crippen molar-refractivity contribution in [2.75, 3.05) is 5.73 Å². The molecule has 0 heterocycles. The lowest BCUT2D eigenvalue weighted by Gasteiger charge is -2.09. The van der Waals surface area contributed by atoms with Gasteiger partial charge in [0.05, 0.1) is 11.3 Å². The maximum absolute atomic E-state index is 12.6. The van der Waals surface area contributed by atoms with Crippen molar-refractivity contribution < 1.29 is 22.7 Å². The standard InChI is InChI=1S/C7H5F4NO/c8-4-2-5(12)6(13)1-3(4)7(9,10)11/h1-2,13H,12H2. The molecule has 1 aromatic carbocycles. The molecule has 6 heteroatoms. The van der Waals surface area contributed by atoms with Crippen molar-refractivity contribution in [3.63, 3.8) is 0 Å². The normalized spacial score (nSPS) is 11.7. The molecule has 1 aromatic rings. The Labute approximate surface area is 70.6 Å². The van der Waals surface area contributed by atoms with Crippen molar-refractivity contribution in [3.05, 3.63) is 23.5 Å². The van der Waals surface area contributed by atoms with Crippen molar-refractivity contribution in [2.45, 2.75) is 6.18 Å². The van der Waals surface area contributed by atoms with Gasteiger partial charge in [-0.2, -0.15) is 13.2 Å². The number of aromatic hydroxyl groups is 1. The van der Waals surface area contributed by atoms with E-state index in [0.717, 1.165) is 0 Å². The summed E-state index contributed by atoms with van der Waals surface area (Å²) >= 11 is 0. The summed E-state index contributed by atoms with van der Waals surface area (Å²) in [6, 6.07) is 0.683. The number of alkyl halides is 3. The van der Waals surface area contributed by atoms with Gasteiger partial charge in [-0.3, -0.25) is 0 Å². The van der Waals surface area contributed by atoms with Gasteiger partial charge in [0.25, 0.3) is 0 Å². The number of hydrogen-bond acceptors (Lipinski definition) is 2. The molecule has 0 bridgehead atoms. The molecule has 72 valence electrons. The van der Waals surface area contributed by atoms with E-state index in [1.165, 1.54) is 0 Å². The van der Waals surface area contributed by atoms with Crippen LogP contribution in [0.25, 0.3) is 0 Å². The quantitative estimate of drug-likeness (QED) is 0.378. The monoisotopic (exact) mass is 195 g/mol. The fourth-order valence-electron chi connectivity index (χ4n) is 0.794. The first kappa shape index (κ1) is 9.63. The van der Waals surface area contributed by atoms with Gasteiger partial charge in [0.15, 0.2) is 0 Å². The highest BCUT2D eigenvalue weighted by Crippen LogP contribution is 2.35. The third kappa shape index (κ3) is 1.82. The van der Waals surface area contributed by atoms with Crippen LogP contribution in [0.15, 0.2) is 12.1 Å². The van der Waals surface area contributed by atoms with E-state index in [9.17, 15) is 17.6 Å². The number of phenols is 1. The highest BCUT2D eigenvalue weighted by Gasteiger charge is 2.34. The molecule has 13 heavy (non-hydrogen) atoms. The Morgan fingerprint density at radius 1 is 1.23 bits per heavy atom. The summed E-state index contributed by atoms with van der Waals surface area (Å²) < 4.78 is 48.5. The second-order valence-corrected chi connectivity index (χ2v) is 2.39. The molecule has 0 aliphatic carbocycles. The van der Waals surface area contributed by atoms with E-state index in [2.05, 4.69) is 0 Å². The van der Waals surface area contributed by atoms with Gasteiger partial charge in [-0.15, -0.1) is 0 Å². The molecule has 3 N–H and O–H groups in total. The molecule has 0 aromatic heterocycles. The number of hydrogen-bond donors (Lipinski definition) is 2. The second kappa shape index (κ2) is 2.79. The summed E-state index contributed by atoms with van der Waals surface area (Å²) in [4.78, 5) is 0. The fraction of sp³-hybridized carbons (Fsp3) is 0.143. The number of rotatable bonds is 0. The van der Waals surface area contributed by atoms with Crippen LogP contribution < -0.4 is 5.73 Å². The van der Waals surface area contributed by atoms with Crippen LogP contribution in [0.1, 0.15) is 5.56 Å². The lowest BCUT2D eigenvalue weighted by atomic mass is 10.1. The molecule has 0 saturated carbocycles.